The fourth-order valence-corrected chi connectivity index (χ4v) is 2.29. The van der Waals surface area contributed by atoms with Gasteiger partial charge in [-0.05, 0) is 24.3 Å². The molecule has 8 heteroatoms. The van der Waals surface area contributed by atoms with E-state index in [0.717, 1.165) is 16.2 Å². The van der Waals surface area contributed by atoms with Crippen LogP contribution in [0.3, 0.4) is 0 Å². The molecule has 2 aliphatic heterocycles. The summed E-state index contributed by atoms with van der Waals surface area (Å²) in [5.41, 5.74) is 3.80. The molecule has 1 unspecified atom stereocenters. The number of fused-ring (bicyclic) bond motifs is 1. The third-order valence-corrected chi connectivity index (χ3v) is 3.63. The monoisotopic (exact) mass is 301 g/mol. The summed E-state index contributed by atoms with van der Waals surface area (Å²) in [5.74, 6) is 0.678. The molecule has 8 nitrogen and oxygen atoms in total. The number of ether oxygens (including phenoxy) is 1. The van der Waals surface area contributed by atoms with E-state index in [4.69, 9.17) is 4.74 Å². The number of hydrogen-bond acceptors (Lipinski definition) is 6. The Balaban J connectivity index is 1.94. The van der Waals surface area contributed by atoms with Gasteiger partial charge in [-0.2, -0.15) is 5.10 Å². The molecule has 1 fully saturated rings. The summed E-state index contributed by atoms with van der Waals surface area (Å²) >= 11 is 0. The number of benzene rings is 1. The van der Waals surface area contributed by atoms with Gasteiger partial charge in [-0.15, -0.1) is 0 Å². The standard InChI is InChI=1S/C14H15N5O3/c1-18-12-10(13(20)19(2)14(18)21)15-11(16-17-12)8-4-6-9(22-3)7-5-8/h4-7,12,17H,1-3H3. The van der Waals surface area contributed by atoms with Crippen LogP contribution in [0, 0.1) is 0 Å². The van der Waals surface area contributed by atoms with Crippen molar-refractivity contribution in [1.82, 2.24) is 15.2 Å². The van der Waals surface area contributed by atoms with E-state index in [-0.39, 0.29) is 5.71 Å². The van der Waals surface area contributed by atoms with Crippen LogP contribution >= 0.6 is 0 Å². The number of aliphatic imine (C=N–C) groups is 1. The Morgan fingerprint density at radius 1 is 1.18 bits per heavy atom. The van der Waals surface area contributed by atoms with Gasteiger partial charge in [0.05, 0.1) is 7.11 Å². The second kappa shape index (κ2) is 5.14. The van der Waals surface area contributed by atoms with Crippen LogP contribution in [0.15, 0.2) is 34.4 Å². The molecule has 1 saturated heterocycles. The highest BCUT2D eigenvalue weighted by Crippen LogP contribution is 2.17. The molecule has 0 aromatic heterocycles. The molecule has 0 aliphatic carbocycles. The van der Waals surface area contributed by atoms with Crippen LogP contribution in [0.1, 0.15) is 5.56 Å². The number of urea groups is 1. The number of hydrogen-bond donors (Lipinski definition) is 1. The number of methoxy groups -OCH3 is 1. The number of carbonyl (C=O) groups excluding carboxylic acids is 2. The Kier molecular flexibility index (Phi) is 3.28. The Morgan fingerprint density at radius 2 is 1.86 bits per heavy atom. The summed E-state index contributed by atoms with van der Waals surface area (Å²) in [6.07, 6.45) is -0.641. The van der Waals surface area contributed by atoms with E-state index in [0.29, 0.717) is 5.84 Å². The van der Waals surface area contributed by atoms with E-state index in [9.17, 15) is 9.59 Å². The van der Waals surface area contributed by atoms with E-state index in [2.05, 4.69) is 15.5 Å². The van der Waals surface area contributed by atoms with Crippen LogP contribution in [-0.2, 0) is 4.79 Å². The lowest BCUT2D eigenvalue weighted by Crippen LogP contribution is -2.64. The number of carbonyl (C=O) groups is 2. The van der Waals surface area contributed by atoms with E-state index in [1.165, 1.54) is 11.9 Å². The molecule has 2 heterocycles. The van der Waals surface area contributed by atoms with Crippen molar-refractivity contribution in [2.75, 3.05) is 21.2 Å². The average molecular weight is 301 g/mol. The summed E-state index contributed by atoms with van der Waals surface area (Å²) in [4.78, 5) is 30.9. The molecule has 22 heavy (non-hydrogen) atoms. The molecule has 1 atom stereocenters. The van der Waals surface area contributed by atoms with Gasteiger partial charge in [-0.1, -0.05) is 0 Å². The van der Waals surface area contributed by atoms with Gasteiger partial charge in [0.15, 0.2) is 17.7 Å². The summed E-state index contributed by atoms with van der Waals surface area (Å²) < 4.78 is 5.10. The van der Waals surface area contributed by atoms with E-state index in [1.807, 2.05) is 0 Å². The molecule has 1 aromatic rings. The van der Waals surface area contributed by atoms with Crippen molar-refractivity contribution in [3.05, 3.63) is 29.8 Å². The molecular weight excluding hydrogens is 286 g/mol. The van der Waals surface area contributed by atoms with Gasteiger partial charge in [-0.25, -0.2) is 9.79 Å². The Bertz CT molecular complexity index is 695. The van der Waals surface area contributed by atoms with Gasteiger partial charge in [-0.3, -0.25) is 20.0 Å². The maximum atomic E-state index is 12.2. The first-order chi connectivity index (χ1) is 10.5. The van der Waals surface area contributed by atoms with Crippen LogP contribution in [0.25, 0.3) is 0 Å². The maximum Gasteiger partial charge on any atom is 0.328 e. The lowest BCUT2D eigenvalue weighted by Gasteiger charge is -2.37. The molecule has 2 aliphatic rings. The fourth-order valence-electron chi connectivity index (χ4n) is 2.29. The third-order valence-electron chi connectivity index (χ3n) is 3.63. The lowest BCUT2D eigenvalue weighted by molar-refractivity contribution is -0.122. The quantitative estimate of drug-likeness (QED) is 0.848. The maximum absolute atomic E-state index is 12.2. The summed E-state index contributed by atoms with van der Waals surface area (Å²) in [5, 5.41) is 4.16. The summed E-state index contributed by atoms with van der Waals surface area (Å²) in [6.45, 7) is 0. The van der Waals surface area contributed by atoms with Gasteiger partial charge in [0.25, 0.3) is 5.91 Å². The molecule has 0 bridgehead atoms. The zero-order valence-electron chi connectivity index (χ0n) is 12.4. The SMILES string of the molecule is COc1ccc(C2=NNC3C(=N2)C(=O)N(C)C(=O)N3C)cc1. The minimum atomic E-state index is -0.641. The van der Waals surface area contributed by atoms with Gasteiger partial charge in [0.1, 0.15) is 5.75 Å². The smallest absolute Gasteiger partial charge is 0.328 e. The minimum absolute atomic E-state index is 0.241. The van der Waals surface area contributed by atoms with Gasteiger partial charge < -0.3 is 4.74 Å². The Hall–Kier alpha value is -2.90. The normalized spacial score (nSPS) is 21.0. The number of imide groups is 1. The van der Waals surface area contributed by atoms with Crippen LogP contribution in [0.4, 0.5) is 4.79 Å². The predicted molar refractivity (Wildman–Crippen MR) is 79.8 cm³/mol. The molecule has 3 rings (SSSR count). The molecule has 1 N–H and O–H groups in total. The fraction of sp³-hybridized carbons (Fsp3) is 0.286. The van der Waals surface area contributed by atoms with Gasteiger partial charge in [0.2, 0.25) is 0 Å². The van der Waals surface area contributed by atoms with Gasteiger partial charge in [0, 0.05) is 19.7 Å². The first-order valence-corrected chi connectivity index (χ1v) is 6.64. The molecule has 0 saturated carbocycles. The largest absolute Gasteiger partial charge is 0.497 e. The van der Waals surface area contributed by atoms with Crippen molar-refractivity contribution in [2.45, 2.75) is 6.17 Å². The number of nitrogens with zero attached hydrogens (tertiary/aromatic N) is 4. The van der Waals surface area contributed by atoms with Crippen molar-refractivity contribution in [3.8, 4) is 5.75 Å². The Labute approximate surface area is 127 Å². The van der Waals surface area contributed by atoms with Crippen molar-refractivity contribution in [1.29, 1.82) is 0 Å². The van der Waals surface area contributed by atoms with Crippen LogP contribution in [0.5, 0.6) is 5.75 Å². The zero-order chi connectivity index (χ0) is 15.9. The molecule has 3 amide bonds. The molecule has 0 radical (unpaired) electrons. The number of nitrogens with one attached hydrogen (secondary N) is 1. The number of amidine groups is 1. The summed E-state index contributed by atoms with van der Waals surface area (Å²) in [7, 11) is 4.61. The first kappa shape index (κ1) is 14.1. The third kappa shape index (κ3) is 2.09. The van der Waals surface area contributed by atoms with Crippen molar-refractivity contribution in [3.63, 3.8) is 0 Å². The van der Waals surface area contributed by atoms with Gasteiger partial charge >= 0.3 is 6.03 Å². The number of hydrazone groups is 1. The van der Waals surface area contributed by atoms with Crippen LogP contribution < -0.4 is 10.2 Å². The van der Waals surface area contributed by atoms with E-state index in [1.54, 1.807) is 38.4 Å². The second-order valence-electron chi connectivity index (χ2n) is 4.95. The van der Waals surface area contributed by atoms with E-state index >= 15 is 0 Å². The predicted octanol–water partition coefficient (Wildman–Crippen LogP) is 0.251. The minimum Gasteiger partial charge on any atom is -0.497 e. The topological polar surface area (TPSA) is 86.6 Å². The lowest BCUT2D eigenvalue weighted by atomic mass is 10.1. The number of amides is 3. The highest BCUT2D eigenvalue weighted by Gasteiger charge is 2.42. The highest BCUT2D eigenvalue weighted by molar-refractivity contribution is 6.46. The van der Waals surface area contributed by atoms with Crippen molar-refractivity contribution >= 4 is 23.5 Å². The molecule has 1 aromatic carbocycles. The second-order valence-corrected chi connectivity index (χ2v) is 4.95. The molecule has 114 valence electrons. The molecule has 0 spiro atoms. The Morgan fingerprint density at radius 3 is 2.50 bits per heavy atom. The zero-order valence-corrected chi connectivity index (χ0v) is 12.4. The van der Waals surface area contributed by atoms with Crippen molar-refractivity contribution in [2.24, 2.45) is 10.1 Å². The van der Waals surface area contributed by atoms with Crippen LogP contribution in [-0.4, -0.2) is 60.7 Å². The van der Waals surface area contributed by atoms with Crippen LogP contribution in [0.2, 0.25) is 0 Å². The summed E-state index contributed by atoms with van der Waals surface area (Å²) in [6, 6.07) is 6.78. The van der Waals surface area contributed by atoms with Crippen molar-refractivity contribution < 1.29 is 14.3 Å². The van der Waals surface area contributed by atoms with E-state index < -0.39 is 18.1 Å². The number of rotatable bonds is 2. The average Bonchev–Trinajstić information content (AvgIpc) is 2.57. The highest BCUT2D eigenvalue weighted by atomic mass is 16.5. The first-order valence-electron chi connectivity index (χ1n) is 6.64. The molecular formula is C14H15N5O3.